The first-order valence-electron chi connectivity index (χ1n) is 6.81. The maximum atomic E-state index is 12.5. The number of halogens is 2. The fourth-order valence-electron chi connectivity index (χ4n) is 1.99. The Labute approximate surface area is 149 Å². The number of ketones is 1. The first-order chi connectivity index (χ1) is 10.8. The van der Waals surface area contributed by atoms with Crippen molar-refractivity contribution in [2.75, 3.05) is 10.6 Å². The lowest BCUT2D eigenvalue weighted by molar-refractivity contribution is 0.0990. The fraction of sp³-hybridized carbons (Fsp3) is 0.188. The molecule has 0 heterocycles. The minimum Gasteiger partial charge on any atom is -0.294 e. The molecule has 7 heteroatoms. The van der Waals surface area contributed by atoms with E-state index in [1.54, 1.807) is 30.3 Å². The summed E-state index contributed by atoms with van der Waals surface area (Å²) < 4.78 is 28.1. The highest BCUT2D eigenvalue weighted by molar-refractivity contribution is 9.10. The molecule has 23 heavy (non-hydrogen) atoms. The Balaban J connectivity index is 2.40. The number of sulfonamides is 1. The highest BCUT2D eigenvalue weighted by atomic mass is 79.9. The Kier molecular flexibility index (Phi) is 5.84. The molecule has 0 aliphatic carbocycles. The molecular formula is C16H15BrClNO3S. The normalized spacial score (nSPS) is 11.3. The van der Waals surface area contributed by atoms with Crippen molar-refractivity contribution in [3.05, 3.63) is 58.1 Å². The van der Waals surface area contributed by atoms with Crippen LogP contribution in [0, 0.1) is 6.92 Å². The van der Waals surface area contributed by atoms with Crippen LogP contribution >= 0.6 is 27.5 Å². The number of carbonyl (C=O) groups excluding carboxylic acids is 1. The third kappa shape index (κ3) is 4.56. The monoisotopic (exact) mass is 415 g/mol. The van der Waals surface area contributed by atoms with Crippen LogP contribution in [-0.4, -0.2) is 20.1 Å². The van der Waals surface area contributed by atoms with E-state index in [4.69, 9.17) is 11.6 Å². The lowest BCUT2D eigenvalue weighted by Crippen LogP contribution is -2.16. The van der Waals surface area contributed by atoms with Crippen LogP contribution in [0.3, 0.4) is 0 Å². The maximum absolute atomic E-state index is 12.5. The summed E-state index contributed by atoms with van der Waals surface area (Å²) in [6.45, 7) is 1.88. The minimum atomic E-state index is -3.77. The molecular weight excluding hydrogens is 402 g/mol. The summed E-state index contributed by atoms with van der Waals surface area (Å²) in [7, 11) is -3.77. The van der Waals surface area contributed by atoms with Crippen molar-refractivity contribution >= 4 is 49.0 Å². The second-order valence-corrected chi connectivity index (χ2v) is 7.95. The number of rotatable bonds is 6. The van der Waals surface area contributed by atoms with Gasteiger partial charge in [0.15, 0.2) is 5.78 Å². The molecule has 0 amide bonds. The number of aryl methyl sites for hydroxylation is 1. The molecule has 2 aromatic rings. The van der Waals surface area contributed by atoms with Gasteiger partial charge in [0.2, 0.25) is 0 Å². The van der Waals surface area contributed by atoms with Crippen LogP contribution in [0.4, 0.5) is 5.69 Å². The smallest absolute Gasteiger partial charge is 0.261 e. The van der Waals surface area contributed by atoms with Gasteiger partial charge >= 0.3 is 0 Å². The molecule has 0 fully saturated rings. The third-order valence-electron chi connectivity index (χ3n) is 3.18. The zero-order chi connectivity index (χ0) is 17.0. The highest BCUT2D eigenvalue weighted by Gasteiger charge is 2.18. The van der Waals surface area contributed by atoms with Gasteiger partial charge in [-0.1, -0.05) is 33.6 Å². The lowest BCUT2D eigenvalue weighted by atomic mass is 10.1. The molecule has 1 N–H and O–H groups in total. The van der Waals surface area contributed by atoms with Crippen molar-refractivity contribution in [3.63, 3.8) is 0 Å². The average Bonchev–Trinajstić information content (AvgIpc) is 2.47. The van der Waals surface area contributed by atoms with Crippen molar-refractivity contribution in [1.29, 1.82) is 0 Å². The summed E-state index contributed by atoms with van der Waals surface area (Å²) in [6, 6.07) is 11.3. The summed E-state index contributed by atoms with van der Waals surface area (Å²) in [6.07, 6.45) is 0.141. The summed E-state index contributed by atoms with van der Waals surface area (Å²) in [5.41, 5.74) is 1.49. The average molecular weight is 417 g/mol. The Morgan fingerprint density at radius 1 is 1.17 bits per heavy atom. The van der Waals surface area contributed by atoms with Gasteiger partial charge in [0.1, 0.15) is 0 Å². The van der Waals surface area contributed by atoms with E-state index < -0.39 is 10.0 Å². The lowest BCUT2D eigenvalue weighted by Gasteiger charge is -2.12. The molecule has 4 nitrogen and oxygen atoms in total. The number of carbonyl (C=O) groups is 1. The summed E-state index contributed by atoms with van der Waals surface area (Å²) in [5, 5.41) is 0. The summed E-state index contributed by atoms with van der Waals surface area (Å²) >= 11 is 8.89. The van der Waals surface area contributed by atoms with Crippen molar-refractivity contribution in [2.24, 2.45) is 0 Å². The predicted molar refractivity (Wildman–Crippen MR) is 95.8 cm³/mol. The summed E-state index contributed by atoms with van der Waals surface area (Å²) in [5.74, 6) is -0.0342. The van der Waals surface area contributed by atoms with Gasteiger partial charge in [-0.25, -0.2) is 8.42 Å². The molecule has 0 bridgehead atoms. The van der Waals surface area contributed by atoms with E-state index in [1.807, 2.05) is 6.92 Å². The molecule has 122 valence electrons. The number of alkyl halides is 1. The molecule has 0 spiro atoms. The SMILES string of the molecule is Cc1ccc(S(=O)(=O)Nc2cc(Br)ccc2C(=O)CCCl)cc1. The van der Waals surface area contributed by atoms with Crippen molar-refractivity contribution in [1.82, 2.24) is 0 Å². The maximum Gasteiger partial charge on any atom is 0.261 e. The van der Waals surface area contributed by atoms with Gasteiger partial charge in [-0.2, -0.15) is 0 Å². The van der Waals surface area contributed by atoms with Crippen LogP contribution in [0.1, 0.15) is 22.3 Å². The van der Waals surface area contributed by atoms with Gasteiger partial charge < -0.3 is 0 Å². The van der Waals surface area contributed by atoms with Gasteiger partial charge in [-0.15, -0.1) is 11.6 Å². The van der Waals surface area contributed by atoms with Crippen LogP contribution in [0.25, 0.3) is 0 Å². The Morgan fingerprint density at radius 3 is 2.43 bits per heavy atom. The molecule has 0 aliphatic heterocycles. The fourth-order valence-corrected chi connectivity index (χ4v) is 3.59. The van der Waals surface area contributed by atoms with E-state index in [-0.39, 0.29) is 28.7 Å². The number of hydrogen-bond donors (Lipinski definition) is 1. The number of benzene rings is 2. The van der Waals surface area contributed by atoms with Crippen LogP contribution in [0.2, 0.25) is 0 Å². The molecule has 2 rings (SSSR count). The van der Waals surface area contributed by atoms with E-state index in [0.717, 1.165) is 5.56 Å². The zero-order valence-corrected chi connectivity index (χ0v) is 15.5. The molecule has 0 saturated carbocycles. The molecule has 2 aromatic carbocycles. The topological polar surface area (TPSA) is 63.2 Å². The van der Waals surface area contributed by atoms with Crippen LogP contribution < -0.4 is 4.72 Å². The predicted octanol–water partition coefficient (Wildman–Crippen LogP) is 4.37. The van der Waals surface area contributed by atoms with Gasteiger partial charge in [-0.3, -0.25) is 9.52 Å². The molecule has 0 aliphatic rings. The molecule has 0 saturated heterocycles. The molecule has 0 aromatic heterocycles. The van der Waals surface area contributed by atoms with E-state index in [2.05, 4.69) is 20.7 Å². The first-order valence-corrected chi connectivity index (χ1v) is 9.63. The molecule has 0 unspecified atom stereocenters. The van der Waals surface area contributed by atoms with Gasteiger partial charge in [0, 0.05) is 22.3 Å². The van der Waals surface area contributed by atoms with E-state index >= 15 is 0 Å². The quantitative estimate of drug-likeness (QED) is 0.562. The molecule has 0 radical (unpaired) electrons. The Hall–Kier alpha value is -1.37. The molecule has 0 atom stereocenters. The summed E-state index contributed by atoms with van der Waals surface area (Å²) in [4.78, 5) is 12.2. The largest absolute Gasteiger partial charge is 0.294 e. The standard InChI is InChI=1S/C16H15BrClNO3S/c1-11-2-5-13(6-3-11)23(21,22)19-15-10-12(17)4-7-14(15)16(20)8-9-18/h2-7,10,19H,8-9H2,1H3. The second-order valence-electron chi connectivity index (χ2n) is 4.97. The second kappa shape index (κ2) is 7.47. The van der Waals surface area contributed by atoms with Crippen LogP contribution in [0.5, 0.6) is 0 Å². The number of nitrogens with one attached hydrogen (secondary N) is 1. The minimum absolute atomic E-state index is 0.138. The number of Topliss-reactive ketones (excluding diaryl/α,β-unsaturated/α-hetero) is 1. The van der Waals surface area contributed by atoms with Gasteiger partial charge in [-0.05, 0) is 37.3 Å². The third-order valence-corrected chi connectivity index (χ3v) is 5.24. The van der Waals surface area contributed by atoms with Crippen LogP contribution in [-0.2, 0) is 10.0 Å². The number of hydrogen-bond acceptors (Lipinski definition) is 3. The first kappa shape index (κ1) is 18.0. The zero-order valence-electron chi connectivity index (χ0n) is 12.3. The number of anilines is 1. The van der Waals surface area contributed by atoms with Gasteiger partial charge in [0.25, 0.3) is 10.0 Å². The van der Waals surface area contributed by atoms with Crippen molar-refractivity contribution in [3.8, 4) is 0 Å². The van der Waals surface area contributed by atoms with Crippen LogP contribution in [0.15, 0.2) is 51.8 Å². The Morgan fingerprint density at radius 2 is 1.83 bits per heavy atom. The van der Waals surface area contributed by atoms with Gasteiger partial charge in [0.05, 0.1) is 10.6 Å². The van der Waals surface area contributed by atoms with Crippen molar-refractivity contribution in [2.45, 2.75) is 18.2 Å². The van der Waals surface area contributed by atoms with E-state index in [1.165, 1.54) is 12.1 Å². The van der Waals surface area contributed by atoms with E-state index in [9.17, 15) is 13.2 Å². The Bertz CT molecular complexity index is 820. The highest BCUT2D eigenvalue weighted by Crippen LogP contribution is 2.25. The van der Waals surface area contributed by atoms with Crippen molar-refractivity contribution < 1.29 is 13.2 Å². The van der Waals surface area contributed by atoms with E-state index in [0.29, 0.717) is 10.0 Å².